The van der Waals surface area contributed by atoms with Crippen LogP contribution in [0.4, 0.5) is 0 Å². The fraction of sp³-hybridized carbons (Fsp3) is 0.889. The van der Waals surface area contributed by atoms with Gasteiger partial charge in [0.05, 0.1) is 5.54 Å². The standard InChI is InChI=1S/C9H18N2OS/c1-8(2)6-9(3,12)11(4)7(10-8)13-5/h12H,6H2,1-5H3. The van der Waals surface area contributed by atoms with Gasteiger partial charge in [0, 0.05) is 13.5 Å². The van der Waals surface area contributed by atoms with Crippen molar-refractivity contribution in [3.63, 3.8) is 0 Å². The van der Waals surface area contributed by atoms with E-state index in [2.05, 4.69) is 4.99 Å². The molecular formula is C9H18N2OS. The summed E-state index contributed by atoms with van der Waals surface area (Å²) in [5.74, 6) is 0. The predicted octanol–water partition coefficient (Wildman–Crippen LogP) is 1.53. The van der Waals surface area contributed by atoms with Crippen molar-refractivity contribution in [3.8, 4) is 0 Å². The topological polar surface area (TPSA) is 35.8 Å². The van der Waals surface area contributed by atoms with E-state index >= 15 is 0 Å². The molecule has 1 N–H and O–H groups in total. The molecule has 0 spiro atoms. The molecule has 1 heterocycles. The van der Waals surface area contributed by atoms with Gasteiger partial charge in [-0.3, -0.25) is 4.99 Å². The summed E-state index contributed by atoms with van der Waals surface area (Å²) < 4.78 is 0. The van der Waals surface area contributed by atoms with Crippen LogP contribution >= 0.6 is 11.8 Å². The van der Waals surface area contributed by atoms with E-state index in [-0.39, 0.29) is 5.54 Å². The first-order valence-corrected chi connectivity index (χ1v) is 5.61. The highest BCUT2D eigenvalue weighted by Gasteiger charge is 2.39. The highest BCUT2D eigenvalue weighted by molar-refractivity contribution is 8.13. The highest BCUT2D eigenvalue weighted by atomic mass is 32.2. The Morgan fingerprint density at radius 2 is 2.00 bits per heavy atom. The van der Waals surface area contributed by atoms with E-state index < -0.39 is 5.72 Å². The minimum absolute atomic E-state index is 0.158. The first-order valence-electron chi connectivity index (χ1n) is 4.38. The van der Waals surface area contributed by atoms with E-state index in [0.717, 1.165) is 5.17 Å². The van der Waals surface area contributed by atoms with Crippen LogP contribution in [0.2, 0.25) is 0 Å². The molecule has 0 saturated carbocycles. The number of amidine groups is 1. The number of aliphatic hydroxyl groups is 1. The van der Waals surface area contributed by atoms with Gasteiger partial charge >= 0.3 is 0 Å². The maximum Gasteiger partial charge on any atom is 0.161 e. The van der Waals surface area contributed by atoms with Gasteiger partial charge in [-0.15, -0.1) is 0 Å². The first kappa shape index (κ1) is 10.9. The molecule has 1 atom stereocenters. The quantitative estimate of drug-likeness (QED) is 0.647. The van der Waals surface area contributed by atoms with Gasteiger partial charge in [-0.1, -0.05) is 11.8 Å². The number of hydrogen-bond acceptors (Lipinski definition) is 4. The average molecular weight is 202 g/mol. The lowest BCUT2D eigenvalue weighted by atomic mass is 9.92. The van der Waals surface area contributed by atoms with Crippen LogP contribution in [0.15, 0.2) is 4.99 Å². The van der Waals surface area contributed by atoms with Gasteiger partial charge in [0.2, 0.25) is 0 Å². The van der Waals surface area contributed by atoms with Gasteiger partial charge in [0.15, 0.2) is 5.17 Å². The molecule has 0 fully saturated rings. The first-order chi connectivity index (χ1) is 5.78. The molecule has 1 unspecified atom stereocenters. The van der Waals surface area contributed by atoms with Crippen molar-refractivity contribution >= 4 is 16.9 Å². The van der Waals surface area contributed by atoms with Crippen LogP contribution in [0.25, 0.3) is 0 Å². The Balaban J connectivity index is 3.02. The normalized spacial score (nSPS) is 33.1. The van der Waals surface area contributed by atoms with Crippen LogP contribution in [0.3, 0.4) is 0 Å². The Bertz CT molecular complexity index is 236. The van der Waals surface area contributed by atoms with E-state index in [1.165, 1.54) is 0 Å². The van der Waals surface area contributed by atoms with E-state index in [1.807, 2.05) is 39.0 Å². The van der Waals surface area contributed by atoms with Crippen LogP contribution in [0, 0.1) is 0 Å². The van der Waals surface area contributed by atoms with Crippen molar-refractivity contribution in [2.45, 2.75) is 38.5 Å². The van der Waals surface area contributed by atoms with Crippen molar-refractivity contribution in [2.24, 2.45) is 4.99 Å². The number of thioether (sulfide) groups is 1. The third-order valence-corrected chi connectivity index (χ3v) is 3.09. The fourth-order valence-electron chi connectivity index (χ4n) is 1.70. The number of rotatable bonds is 0. The van der Waals surface area contributed by atoms with Gasteiger partial charge in [0.25, 0.3) is 0 Å². The molecule has 0 aromatic heterocycles. The van der Waals surface area contributed by atoms with E-state index in [1.54, 1.807) is 11.8 Å². The zero-order chi connectivity index (χ0) is 10.3. The maximum absolute atomic E-state index is 10.1. The van der Waals surface area contributed by atoms with Crippen molar-refractivity contribution in [3.05, 3.63) is 0 Å². The molecule has 0 saturated heterocycles. The molecule has 0 aromatic rings. The van der Waals surface area contributed by atoms with Crippen molar-refractivity contribution in [2.75, 3.05) is 13.3 Å². The molecule has 76 valence electrons. The SMILES string of the molecule is CSC1=NC(C)(C)CC(C)(O)N1C. The molecule has 0 bridgehead atoms. The zero-order valence-electron chi connectivity index (χ0n) is 8.96. The van der Waals surface area contributed by atoms with Gasteiger partial charge in [-0.25, -0.2) is 0 Å². The molecule has 0 aliphatic carbocycles. The summed E-state index contributed by atoms with van der Waals surface area (Å²) in [7, 11) is 1.88. The van der Waals surface area contributed by atoms with E-state index in [4.69, 9.17) is 0 Å². The molecule has 13 heavy (non-hydrogen) atoms. The lowest BCUT2D eigenvalue weighted by Gasteiger charge is -2.44. The predicted molar refractivity (Wildman–Crippen MR) is 58.0 cm³/mol. The lowest BCUT2D eigenvalue weighted by molar-refractivity contribution is -0.0666. The third kappa shape index (κ3) is 2.17. The second kappa shape index (κ2) is 3.17. The summed E-state index contributed by atoms with van der Waals surface area (Å²) in [6, 6.07) is 0. The van der Waals surface area contributed by atoms with Crippen LogP contribution in [0.5, 0.6) is 0 Å². The fourth-order valence-corrected chi connectivity index (χ4v) is 2.51. The van der Waals surface area contributed by atoms with Crippen molar-refractivity contribution in [1.29, 1.82) is 0 Å². The van der Waals surface area contributed by atoms with Crippen LogP contribution in [0.1, 0.15) is 27.2 Å². The smallest absolute Gasteiger partial charge is 0.161 e. The van der Waals surface area contributed by atoms with Gasteiger partial charge in [-0.2, -0.15) is 0 Å². The summed E-state index contributed by atoms with van der Waals surface area (Å²) in [6.45, 7) is 5.93. The van der Waals surface area contributed by atoms with Crippen LogP contribution < -0.4 is 0 Å². The maximum atomic E-state index is 10.1. The second-order valence-corrected chi connectivity index (χ2v) is 5.14. The minimum atomic E-state index is -0.774. The second-order valence-electron chi connectivity index (χ2n) is 4.36. The number of hydrogen-bond donors (Lipinski definition) is 1. The van der Waals surface area contributed by atoms with E-state index in [9.17, 15) is 5.11 Å². The lowest BCUT2D eigenvalue weighted by Crippen LogP contribution is -2.54. The summed E-state index contributed by atoms with van der Waals surface area (Å²) in [5.41, 5.74) is -0.933. The van der Waals surface area contributed by atoms with Gasteiger partial charge in [-0.05, 0) is 27.0 Å². The molecule has 4 heteroatoms. The molecule has 1 aliphatic heterocycles. The Morgan fingerprint density at radius 1 is 1.46 bits per heavy atom. The van der Waals surface area contributed by atoms with Crippen molar-refractivity contribution in [1.82, 2.24) is 4.90 Å². The monoisotopic (exact) mass is 202 g/mol. The minimum Gasteiger partial charge on any atom is -0.371 e. The third-order valence-electron chi connectivity index (χ3n) is 2.36. The zero-order valence-corrected chi connectivity index (χ0v) is 9.77. The summed E-state index contributed by atoms with van der Waals surface area (Å²) >= 11 is 1.57. The van der Waals surface area contributed by atoms with Gasteiger partial charge in [0.1, 0.15) is 5.72 Å². The average Bonchev–Trinajstić information content (AvgIpc) is 1.95. The van der Waals surface area contributed by atoms with Gasteiger partial charge < -0.3 is 10.0 Å². The molecule has 0 aromatic carbocycles. The van der Waals surface area contributed by atoms with Crippen molar-refractivity contribution < 1.29 is 5.11 Å². The number of nitrogens with zero attached hydrogens (tertiary/aromatic N) is 2. The Morgan fingerprint density at radius 3 is 2.46 bits per heavy atom. The molecule has 1 rings (SSSR count). The van der Waals surface area contributed by atoms with E-state index in [0.29, 0.717) is 6.42 Å². The van der Waals surface area contributed by atoms with Crippen LogP contribution in [-0.4, -0.2) is 39.7 Å². The largest absolute Gasteiger partial charge is 0.371 e. The molecule has 3 nitrogen and oxygen atoms in total. The molecule has 1 aliphatic rings. The molecule has 0 amide bonds. The molecular weight excluding hydrogens is 184 g/mol. The number of aliphatic imine (C=N–C) groups is 1. The summed E-state index contributed by atoms with van der Waals surface area (Å²) in [4.78, 5) is 6.39. The Kier molecular flexibility index (Phi) is 2.65. The summed E-state index contributed by atoms with van der Waals surface area (Å²) in [5, 5.41) is 11.0. The highest BCUT2D eigenvalue weighted by Crippen LogP contribution is 2.33. The Hall–Kier alpha value is -0.220. The Labute approximate surface area is 84.2 Å². The van der Waals surface area contributed by atoms with Crippen LogP contribution in [-0.2, 0) is 0 Å². The molecule has 0 radical (unpaired) electrons. The summed E-state index contributed by atoms with van der Waals surface area (Å²) in [6.07, 6.45) is 2.65.